The van der Waals surface area contributed by atoms with E-state index in [2.05, 4.69) is 39.7 Å². The molecule has 2 rings (SSSR count). The van der Waals surface area contributed by atoms with Crippen molar-refractivity contribution >= 4 is 21.7 Å². The fourth-order valence-corrected chi connectivity index (χ4v) is 3.06. The molecule has 0 aromatic heterocycles. The van der Waals surface area contributed by atoms with Crippen LogP contribution in [0.3, 0.4) is 0 Å². The minimum absolute atomic E-state index is 0.223. The molecule has 0 spiro atoms. The molecule has 0 amide bonds. The molecule has 1 aliphatic heterocycles. The van der Waals surface area contributed by atoms with E-state index in [4.69, 9.17) is 0 Å². The molecule has 110 valence electrons. The zero-order chi connectivity index (χ0) is 14.5. The maximum Gasteiger partial charge on any atom is 0.176 e. The summed E-state index contributed by atoms with van der Waals surface area (Å²) in [6.45, 7) is 5.95. The van der Waals surface area contributed by atoms with Gasteiger partial charge < -0.3 is 4.90 Å². The molecular weight excluding hydrogens is 316 g/mol. The number of halogens is 1. The Labute approximate surface area is 130 Å². The molecule has 20 heavy (non-hydrogen) atoms. The van der Waals surface area contributed by atoms with E-state index in [0.29, 0.717) is 12.6 Å². The number of likely N-dealkylation sites (N-methyl/N-ethyl adjacent to an activating group) is 1. The highest BCUT2D eigenvalue weighted by Crippen LogP contribution is 2.15. The number of nitrogens with zero attached hydrogens (tertiary/aromatic N) is 2. The Bertz CT molecular complexity index is 446. The lowest BCUT2D eigenvalue weighted by Gasteiger charge is -2.29. The van der Waals surface area contributed by atoms with Crippen LogP contribution in [-0.4, -0.2) is 54.9 Å². The molecular formula is C16H23BrN2O. The van der Waals surface area contributed by atoms with Crippen molar-refractivity contribution in [2.45, 2.75) is 25.8 Å². The Morgan fingerprint density at radius 2 is 2.00 bits per heavy atom. The molecule has 0 aliphatic carbocycles. The Hall–Kier alpha value is -0.710. The Balaban J connectivity index is 2.03. The van der Waals surface area contributed by atoms with E-state index in [1.165, 1.54) is 0 Å². The van der Waals surface area contributed by atoms with Gasteiger partial charge in [0.05, 0.1) is 6.54 Å². The molecule has 0 N–H and O–H groups in total. The number of benzene rings is 1. The lowest BCUT2D eigenvalue weighted by Crippen LogP contribution is -2.42. The van der Waals surface area contributed by atoms with Crippen molar-refractivity contribution in [3.05, 3.63) is 34.3 Å². The number of carbonyl (C=O) groups is 1. The number of ketones is 1. The Morgan fingerprint density at radius 3 is 2.65 bits per heavy atom. The predicted octanol–water partition coefficient (Wildman–Crippen LogP) is 3.05. The van der Waals surface area contributed by atoms with Gasteiger partial charge in [0.15, 0.2) is 5.78 Å². The summed E-state index contributed by atoms with van der Waals surface area (Å²) >= 11 is 3.40. The third-order valence-corrected chi connectivity index (χ3v) is 4.54. The van der Waals surface area contributed by atoms with Crippen molar-refractivity contribution in [2.24, 2.45) is 0 Å². The first-order chi connectivity index (χ1) is 9.60. The summed E-state index contributed by atoms with van der Waals surface area (Å²) in [7, 11) is 2.17. The normalized spacial score (nSPS) is 21.6. The van der Waals surface area contributed by atoms with Crippen LogP contribution in [0.25, 0.3) is 0 Å². The third-order valence-electron chi connectivity index (χ3n) is 4.01. The van der Waals surface area contributed by atoms with E-state index < -0.39 is 0 Å². The monoisotopic (exact) mass is 338 g/mol. The minimum Gasteiger partial charge on any atom is -0.305 e. The summed E-state index contributed by atoms with van der Waals surface area (Å²) in [6, 6.07) is 8.15. The predicted molar refractivity (Wildman–Crippen MR) is 86.2 cm³/mol. The highest BCUT2D eigenvalue weighted by Gasteiger charge is 2.23. The van der Waals surface area contributed by atoms with Crippen molar-refractivity contribution in [3.63, 3.8) is 0 Å². The first-order valence-electron chi connectivity index (χ1n) is 7.31. The molecule has 1 aromatic rings. The summed E-state index contributed by atoms with van der Waals surface area (Å²) in [5.41, 5.74) is 0.806. The Morgan fingerprint density at radius 1 is 1.30 bits per heavy atom. The summed E-state index contributed by atoms with van der Waals surface area (Å²) in [6.07, 6.45) is 2.23. The molecule has 4 heteroatoms. The number of rotatable bonds is 4. The molecule has 0 bridgehead atoms. The lowest BCUT2D eigenvalue weighted by molar-refractivity contribution is 0.0888. The largest absolute Gasteiger partial charge is 0.305 e. The number of hydrogen-bond donors (Lipinski definition) is 0. The SMILES string of the molecule is CCC1CN(C)CCCN1CC(=O)c1ccc(Br)cc1. The summed E-state index contributed by atoms with van der Waals surface area (Å²) in [5.74, 6) is 0.223. The molecule has 1 unspecified atom stereocenters. The van der Waals surface area contributed by atoms with Gasteiger partial charge in [-0.25, -0.2) is 0 Å². The average molecular weight is 339 g/mol. The average Bonchev–Trinajstić information content (AvgIpc) is 2.61. The minimum atomic E-state index is 0.223. The van der Waals surface area contributed by atoms with Crippen LogP contribution in [0.15, 0.2) is 28.7 Å². The Kier molecular flexibility index (Phi) is 5.75. The van der Waals surface area contributed by atoms with Gasteiger partial charge >= 0.3 is 0 Å². The van der Waals surface area contributed by atoms with E-state index in [0.717, 1.165) is 42.5 Å². The topological polar surface area (TPSA) is 23.6 Å². The fraction of sp³-hybridized carbons (Fsp3) is 0.562. The van der Waals surface area contributed by atoms with E-state index in [1.807, 2.05) is 24.3 Å². The second-order valence-corrected chi connectivity index (χ2v) is 6.49. The van der Waals surface area contributed by atoms with Gasteiger partial charge in [0.2, 0.25) is 0 Å². The molecule has 0 saturated carbocycles. The van der Waals surface area contributed by atoms with Crippen molar-refractivity contribution in [1.82, 2.24) is 9.80 Å². The maximum atomic E-state index is 12.4. The summed E-state index contributed by atoms with van der Waals surface area (Å²) in [5, 5.41) is 0. The van der Waals surface area contributed by atoms with Crippen LogP contribution in [0, 0.1) is 0 Å². The van der Waals surface area contributed by atoms with Gasteiger partial charge in [-0.15, -0.1) is 0 Å². The van der Waals surface area contributed by atoms with E-state index in [1.54, 1.807) is 0 Å². The third kappa shape index (κ3) is 4.14. The van der Waals surface area contributed by atoms with Gasteiger partial charge in [-0.2, -0.15) is 0 Å². The van der Waals surface area contributed by atoms with E-state index in [9.17, 15) is 4.79 Å². The second kappa shape index (κ2) is 7.34. The van der Waals surface area contributed by atoms with Crippen LogP contribution in [0.1, 0.15) is 30.1 Å². The lowest BCUT2D eigenvalue weighted by atomic mass is 10.1. The number of carbonyl (C=O) groups excluding carboxylic acids is 1. The van der Waals surface area contributed by atoms with Crippen LogP contribution in [0.2, 0.25) is 0 Å². The maximum absolute atomic E-state index is 12.4. The first kappa shape index (κ1) is 15.7. The quantitative estimate of drug-likeness (QED) is 0.788. The number of Topliss-reactive ketones (excluding diaryl/α,β-unsaturated/α-hetero) is 1. The molecule has 1 saturated heterocycles. The van der Waals surface area contributed by atoms with Crippen LogP contribution in [-0.2, 0) is 0 Å². The van der Waals surface area contributed by atoms with Crippen molar-refractivity contribution in [2.75, 3.05) is 33.2 Å². The molecule has 1 atom stereocenters. The van der Waals surface area contributed by atoms with Gasteiger partial charge in [-0.05, 0) is 38.6 Å². The van der Waals surface area contributed by atoms with Gasteiger partial charge in [-0.3, -0.25) is 9.69 Å². The zero-order valence-corrected chi connectivity index (χ0v) is 13.9. The smallest absolute Gasteiger partial charge is 0.176 e. The van der Waals surface area contributed by atoms with Crippen molar-refractivity contribution in [1.29, 1.82) is 0 Å². The van der Waals surface area contributed by atoms with Crippen LogP contribution in [0.5, 0.6) is 0 Å². The highest BCUT2D eigenvalue weighted by molar-refractivity contribution is 9.10. The van der Waals surface area contributed by atoms with E-state index in [-0.39, 0.29) is 5.78 Å². The first-order valence-corrected chi connectivity index (χ1v) is 8.10. The van der Waals surface area contributed by atoms with Gasteiger partial charge in [-0.1, -0.05) is 35.0 Å². The molecule has 1 aromatic carbocycles. The number of hydrogen-bond acceptors (Lipinski definition) is 3. The molecule has 0 radical (unpaired) electrons. The van der Waals surface area contributed by atoms with Crippen molar-refractivity contribution < 1.29 is 4.79 Å². The summed E-state index contributed by atoms with van der Waals surface area (Å²) < 4.78 is 1.01. The molecule has 3 nitrogen and oxygen atoms in total. The molecule has 1 aliphatic rings. The molecule has 1 fully saturated rings. The van der Waals surface area contributed by atoms with E-state index >= 15 is 0 Å². The van der Waals surface area contributed by atoms with Gasteiger partial charge in [0, 0.05) is 29.2 Å². The summed E-state index contributed by atoms with van der Waals surface area (Å²) in [4.78, 5) is 17.1. The zero-order valence-electron chi connectivity index (χ0n) is 12.3. The van der Waals surface area contributed by atoms with Gasteiger partial charge in [0.1, 0.15) is 0 Å². The van der Waals surface area contributed by atoms with Crippen LogP contribution >= 0.6 is 15.9 Å². The van der Waals surface area contributed by atoms with Crippen molar-refractivity contribution in [3.8, 4) is 0 Å². The highest BCUT2D eigenvalue weighted by atomic mass is 79.9. The fourth-order valence-electron chi connectivity index (χ4n) is 2.80. The molecule has 1 heterocycles. The second-order valence-electron chi connectivity index (χ2n) is 5.58. The van der Waals surface area contributed by atoms with Crippen LogP contribution < -0.4 is 0 Å². The van der Waals surface area contributed by atoms with Gasteiger partial charge in [0.25, 0.3) is 0 Å². The van der Waals surface area contributed by atoms with Crippen LogP contribution in [0.4, 0.5) is 0 Å². The standard InChI is InChI=1S/C16H23BrN2O/c1-3-15-11-18(2)9-4-10-19(15)12-16(20)13-5-7-14(17)8-6-13/h5-8,15H,3-4,9-12H2,1-2H3.